The minimum atomic E-state index is -5.65. The minimum absolute atomic E-state index is 0.0147. The lowest BCUT2D eigenvalue weighted by molar-refractivity contribution is -0.136. The van der Waals surface area contributed by atoms with Gasteiger partial charge >= 0.3 is 16.1 Å². The summed E-state index contributed by atoms with van der Waals surface area (Å²) in [7, 11) is -5.65. The van der Waals surface area contributed by atoms with E-state index in [4.69, 9.17) is 62.5 Å². The van der Waals surface area contributed by atoms with Crippen LogP contribution < -0.4 is 21.1 Å². The van der Waals surface area contributed by atoms with Crippen molar-refractivity contribution in [2.45, 2.75) is 51.0 Å². The summed E-state index contributed by atoms with van der Waals surface area (Å²) in [6.45, 7) is 17.1. The molecule has 0 spiro atoms. The van der Waals surface area contributed by atoms with Crippen molar-refractivity contribution in [3.63, 3.8) is 0 Å². The van der Waals surface area contributed by atoms with Gasteiger partial charge in [-0.15, -0.1) is 0 Å². The third kappa shape index (κ3) is 25.7. The number of amidine groups is 1. The van der Waals surface area contributed by atoms with Crippen LogP contribution in [0.3, 0.4) is 0 Å². The van der Waals surface area contributed by atoms with E-state index in [0.29, 0.717) is 123 Å². The lowest BCUT2D eigenvalue weighted by Crippen LogP contribution is -2.45. The van der Waals surface area contributed by atoms with E-state index in [1.807, 2.05) is 48.4 Å². The Bertz CT molecular complexity index is 2670. The maximum Gasteiger partial charge on any atom is 0.313 e. The van der Waals surface area contributed by atoms with Gasteiger partial charge in [0.15, 0.2) is 16.5 Å². The van der Waals surface area contributed by atoms with Gasteiger partial charge in [0.05, 0.1) is 157 Å². The molecule has 0 unspecified atom stereocenters. The van der Waals surface area contributed by atoms with Crippen molar-refractivity contribution in [1.82, 2.24) is 15.7 Å². The number of fused-ring (bicyclic) bond motifs is 1. The number of hydrogen-bond donors (Lipinski definition) is 4. The summed E-state index contributed by atoms with van der Waals surface area (Å²) < 4.78 is 145. The van der Waals surface area contributed by atoms with Crippen LogP contribution in [0.2, 0.25) is 0 Å². The predicted octanol–water partition coefficient (Wildman–Crippen LogP) is 5.51. The molecular weight excluding hydrogens is 1140 g/mol. The van der Waals surface area contributed by atoms with Crippen molar-refractivity contribution in [3.05, 3.63) is 94.7 Å². The highest BCUT2D eigenvalue weighted by Gasteiger charge is 2.34. The molecule has 5 N–H and O–H groups in total. The Balaban J connectivity index is 0.872. The number of halogens is 4. The van der Waals surface area contributed by atoms with E-state index >= 15 is 0 Å². The van der Waals surface area contributed by atoms with Crippen LogP contribution in [-0.4, -0.2) is 200 Å². The fourth-order valence-corrected chi connectivity index (χ4v) is 8.05. The molecule has 0 radical (unpaired) electrons. The molecule has 1 heterocycles. The number of benzene rings is 3. The van der Waals surface area contributed by atoms with Crippen LogP contribution in [-0.2, 0) is 71.9 Å². The molecule has 0 aromatic heterocycles. The molecule has 3 aromatic rings. The number of aliphatic imine (C=N–C) groups is 1. The quantitative estimate of drug-likeness (QED) is 0.0103. The molecule has 1 aliphatic heterocycles. The number of carbonyl (C=O) groups is 3. The number of nitrogens with two attached hydrogens (primary N) is 1. The monoisotopic (exact) mass is 1220 g/mol. The zero-order valence-corrected chi connectivity index (χ0v) is 48.4. The summed E-state index contributed by atoms with van der Waals surface area (Å²) in [6, 6.07) is 12.3. The number of hydroxylamine groups is 2. The van der Waals surface area contributed by atoms with Crippen molar-refractivity contribution in [3.8, 4) is 16.9 Å². The SMILES string of the molecule is C=C(C1=Cc2ccc(-c3ccc(C(=O)N[C@H](C)C(=O)NCCOCCOCCOCCOCCOCCOCCOCCOCCOCCOCCC(=O)Oc4c(F)c(F)c(S(=O)(=O)O)c(F)c4F)cc3)cc2N=C(N)C1)N(CCC)OCC. The number of carbonyl (C=O) groups excluding carboxylic acids is 3. The topological polar surface area (TPSA) is 282 Å². The van der Waals surface area contributed by atoms with Crippen LogP contribution in [0.25, 0.3) is 17.2 Å². The van der Waals surface area contributed by atoms with Crippen molar-refractivity contribution < 1.29 is 102 Å². The van der Waals surface area contributed by atoms with Crippen molar-refractivity contribution in [2.24, 2.45) is 10.7 Å². The molecule has 23 nitrogen and oxygen atoms in total. The number of esters is 1. The predicted molar refractivity (Wildman–Crippen MR) is 298 cm³/mol. The lowest BCUT2D eigenvalue weighted by Gasteiger charge is -2.26. The summed E-state index contributed by atoms with van der Waals surface area (Å²) in [4.78, 5) is 45.8. The Kier molecular flexibility index (Phi) is 33.2. The van der Waals surface area contributed by atoms with E-state index in [0.717, 1.165) is 40.1 Å². The second kappa shape index (κ2) is 39.6. The highest BCUT2D eigenvalue weighted by atomic mass is 32.2. The Morgan fingerprint density at radius 1 is 0.679 bits per heavy atom. The van der Waals surface area contributed by atoms with E-state index in [2.05, 4.69) is 33.9 Å². The molecule has 1 aliphatic rings. The van der Waals surface area contributed by atoms with Gasteiger partial charge in [-0.25, -0.2) is 13.8 Å². The second-order valence-electron chi connectivity index (χ2n) is 18.0. The van der Waals surface area contributed by atoms with E-state index < -0.39 is 62.5 Å². The van der Waals surface area contributed by atoms with E-state index in [1.54, 1.807) is 19.1 Å². The number of hydrogen-bond acceptors (Lipinski definition) is 20. The van der Waals surface area contributed by atoms with Gasteiger partial charge in [0, 0.05) is 30.6 Å². The first kappa shape index (κ1) is 70.5. The molecule has 4 rings (SSSR count). The average molecular weight is 1220 g/mol. The molecule has 2 amide bonds. The number of ether oxygens (including phenoxy) is 11. The molecule has 0 aliphatic carbocycles. The third-order valence-electron chi connectivity index (χ3n) is 11.6. The van der Waals surface area contributed by atoms with E-state index in [9.17, 15) is 40.4 Å². The van der Waals surface area contributed by atoms with Gasteiger partial charge in [-0.2, -0.15) is 17.2 Å². The summed E-state index contributed by atoms with van der Waals surface area (Å²) in [6.07, 6.45) is 2.80. The Morgan fingerprint density at radius 3 is 1.58 bits per heavy atom. The van der Waals surface area contributed by atoms with Crippen LogP contribution in [0.5, 0.6) is 5.75 Å². The first-order chi connectivity index (χ1) is 40.5. The molecule has 28 heteroatoms. The van der Waals surface area contributed by atoms with Crippen LogP contribution in [0.1, 0.15) is 56.0 Å². The van der Waals surface area contributed by atoms with Gasteiger partial charge < -0.3 is 68.5 Å². The Hall–Kier alpha value is -5.99. The molecular formula is C56H77F4N5O18S. The van der Waals surface area contributed by atoms with E-state index in [1.165, 1.54) is 0 Å². The normalized spacial score (nSPS) is 12.7. The Morgan fingerprint density at radius 2 is 1.13 bits per heavy atom. The molecule has 84 heavy (non-hydrogen) atoms. The molecule has 468 valence electrons. The molecule has 0 bridgehead atoms. The first-order valence-corrected chi connectivity index (χ1v) is 28.7. The largest absolute Gasteiger partial charge is 0.420 e. The van der Waals surface area contributed by atoms with Crippen molar-refractivity contribution >= 4 is 45.5 Å². The number of nitrogens with zero attached hydrogens (tertiary/aromatic N) is 2. The zero-order chi connectivity index (χ0) is 61.1. The third-order valence-corrected chi connectivity index (χ3v) is 12.5. The van der Waals surface area contributed by atoms with Gasteiger partial charge in [-0.05, 0) is 61.2 Å². The Labute approximate surface area is 486 Å². The molecule has 3 aromatic carbocycles. The lowest BCUT2D eigenvalue weighted by atomic mass is 9.99. The van der Waals surface area contributed by atoms with Gasteiger partial charge in [-0.1, -0.05) is 37.8 Å². The summed E-state index contributed by atoms with van der Waals surface area (Å²) >= 11 is 0. The fraction of sp³-hybridized carbons (Fsp3) is 0.536. The number of nitrogens with one attached hydrogen (secondary N) is 2. The smallest absolute Gasteiger partial charge is 0.313 e. The maximum absolute atomic E-state index is 14.0. The van der Waals surface area contributed by atoms with Crippen molar-refractivity contribution in [1.29, 1.82) is 0 Å². The van der Waals surface area contributed by atoms with E-state index in [-0.39, 0.29) is 58.0 Å². The second-order valence-corrected chi connectivity index (χ2v) is 19.3. The van der Waals surface area contributed by atoms with Crippen molar-refractivity contribution in [2.75, 3.05) is 152 Å². The summed E-state index contributed by atoms with van der Waals surface area (Å²) in [5, 5.41) is 7.32. The highest BCUT2D eigenvalue weighted by Crippen LogP contribution is 2.35. The molecule has 1 atom stereocenters. The van der Waals surface area contributed by atoms with Crippen LogP contribution >= 0.6 is 0 Å². The summed E-state index contributed by atoms with van der Waals surface area (Å²) in [5.74, 6) is -12.9. The number of allylic oxidation sites excluding steroid dienone is 1. The van der Waals surface area contributed by atoms with Gasteiger partial charge in [0.25, 0.3) is 5.91 Å². The van der Waals surface area contributed by atoms with Gasteiger partial charge in [0.2, 0.25) is 23.3 Å². The molecule has 0 fully saturated rings. The summed E-state index contributed by atoms with van der Waals surface area (Å²) in [5.41, 5.74) is 11.9. The fourth-order valence-electron chi connectivity index (χ4n) is 7.42. The minimum Gasteiger partial charge on any atom is -0.420 e. The van der Waals surface area contributed by atoms with Crippen LogP contribution in [0.4, 0.5) is 23.2 Å². The molecule has 0 saturated heterocycles. The molecule has 0 saturated carbocycles. The van der Waals surface area contributed by atoms with Crippen LogP contribution in [0, 0.1) is 23.3 Å². The van der Waals surface area contributed by atoms with Gasteiger partial charge in [-0.3, -0.25) is 28.8 Å². The standard InChI is InChI=1S/C56H77F4N5O18S/c1-5-15-65(82-6-2)40(4)45-36-44-12-11-43(37-46(44)64-47(61)38-45)41-7-9-42(10-8-41)56(68)63-39(3)55(67)62-14-17-73-19-21-75-23-25-77-27-29-79-31-33-81-35-34-80-32-30-78-28-26-76-24-22-74-20-18-72-16-13-48(66)83-53-49(57)51(59)54(84(69,70)71)52(60)50(53)58/h7-12,36-37,39H,4-6,13-35,38H2,1-3H3,(H2,61,64)(H,62,67)(H,63,68)(H,69,70,71)/t39-/m1/s1. The highest BCUT2D eigenvalue weighted by molar-refractivity contribution is 7.85. The zero-order valence-electron chi connectivity index (χ0n) is 47.6. The number of amides is 2. The van der Waals surface area contributed by atoms with Crippen LogP contribution in [0.15, 0.2) is 70.2 Å². The first-order valence-electron chi connectivity index (χ1n) is 27.2. The van der Waals surface area contributed by atoms with Gasteiger partial charge in [0.1, 0.15) is 11.9 Å². The maximum atomic E-state index is 14.0. The number of rotatable bonds is 45. The average Bonchev–Trinajstić information content (AvgIpc) is 1.77.